The van der Waals surface area contributed by atoms with Gasteiger partial charge in [0.25, 0.3) is 0 Å². The maximum absolute atomic E-state index is 13.9. The molecule has 0 radical (unpaired) electrons. The van der Waals surface area contributed by atoms with Crippen molar-refractivity contribution in [1.82, 2.24) is 0 Å². The van der Waals surface area contributed by atoms with Crippen LogP contribution in [0.4, 0.5) is 13.2 Å². The molecule has 0 amide bonds. The van der Waals surface area contributed by atoms with Crippen molar-refractivity contribution in [1.29, 1.82) is 0 Å². The Kier molecular flexibility index (Phi) is 2.50. The first-order valence-corrected chi connectivity index (χ1v) is 5.13. The Bertz CT molecular complexity index is 549. The predicted molar refractivity (Wildman–Crippen MR) is 55.5 cm³/mol. The number of alkyl halides is 3. The topological polar surface area (TPSA) is 43.4 Å². The second-order valence-electron chi connectivity index (χ2n) is 4.18. The largest absolute Gasteiger partial charge is 0.426 e. The van der Waals surface area contributed by atoms with Crippen LogP contribution in [0.3, 0.4) is 0 Å². The molecule has 0 fully saturated rings. The molecular weight excluding hydrogens is 249 g/mol. The zero-order valence-electron chi connectivity index (χ0n) is 9.59. The molecule has 0 saturated carbocycles. The van der Waals surface area contributed by atoms with Crippen LogP contribution in [0.15, 0.2) is 18.2 Å². The first-order valence-electron chi connectivity index (χ1n) is 5.13. The fourth-order valence-corrected chi connectivity index (χ4v) is 1.90. The van der Waals surface area contributed by atoms with Gasteiger partial charge >= 0.3 is 11.9 Å². The molecule has 1 aliphatic rings. The van der Waals surface area contributed by atoms with Crippen molar-refractivity contribution in [2.45, 2.75) is 25.4 Å². The van der Waals surface area contributed by atoms with E-state index in [-0.39, 0.29) is 5.75 Å². The van der Waals surface area contributed by atoms with Gasteiger partial charge in [-0.3, -0.25) is 9.59 Å². The van der Waals surface area contributed by atoms with E-state index in [1.165, 1.54) is 12.1 Å². The molecule has 3 nitrogen and oxygen atoms in total. The van der Waals surface area contributed by atoms with Gasteiger partial charge in [-0.05, 0) is 13.0 Å². The van der Waals surface area contributed by atoms with E-state index < -0.39 is 34.5 Å². The molecular formula is C12H9F3O3. The highest BCUT2D eigenvalue weighted by atomic mass is 19.3. The van der Waals surface area contributed by atoms with Gasteiger partial charge in [0.15, 0.2) is 0 Å². The smallest absolute Gasteiger partial charge is 0.314 e. The summed E-state index contributed by atoms with van der Waals surface area (Å²) in [7, 11) is 0. The van der Waals surface area contributed by atoms with Gasteiger partial charge in [0.05, 0.1) is 5.56 Å². The summed E-state index contributed by atoms with van der Waals surface area (Å²) in [6, 6.07) is 3.31. The van der Waals surface area contributed by atoms with Gasteiger partial charge < -0.3 is 4.74 Å². The zero-order valence-corrected chi connectivity index (χ0v) is 9.59. The van der Waals surface area contributed by atoms with Crippen LogP contribution in [0.1, 0.15) is 29.8 Å². The molecule has 0 spiro atoms. The molecule has 1 aromatic rings. The van der Waals surface area contributed by atoms with Gasteiger partial charge in [0, 0.05) is 12.5 Å². The Balaban J connectivity index is 2.68. The second-order valence-corrected chi connectivity index (χ2v) is 4.18. The van der Waals surface area contributed by atoms with Crippen LogP contribution in [0.2, 0.25) is 0 Å². The highest BCUT2D eigenvalue weighted by molar-refractivity contribution is 6.10. The van der Waals surface area contributed by atoms with E-state index in [0.717, 1.165) is 13.0 Å². The molecule has 96 valence electrons. The third kappa shape index (κ3) is 1.45. The van der Waals surface area contributed by atoms with Crippen molar-refractivity contribution >= 4 is 11.8 Å². The molecule has 1 atom stereocenters. The summed E-state index contributed by atoms with van der Waals surface area (Å²) in [5, 5.41) is 0. The normalized spacial score (nSPS) is 24.8. The molecule has 0 heterocycles. The molecule has 0 aliphatic heterocycles. The number of ketones is 1. The highest BCUT2D eigenvalue weighted by Crippen LogP contribution is 2.52. The van der Waals surface area contributed by atoms with Crippen molar-refractivity contribution in [2.75, 3.05) is 0 Å². The number of fused-ring (bicyclic) bond motifs is 1. The minimum atomic E-state index is -3.93. The van der Waals surface area contributed by atoms with Crippen LogP contribution in [0.25, 0.3) is 0 Å². The number of Topliss-reactive ketones (excluding diaryl/α,β-unsaturated/α-hetero) is 1. The van der Waals surface area contributed by atoms with E-state index in [1.807, 2.05) is 0 Å². The first-order chi connectivity index (χ1) is 8.19. The van der Waals surface area contributed by atoms with Gasteiger partial charge in [-0.25, -0.2) is 4.39 Å². The Morgan fingerprint density at radius 1 is 1.28 bits per heavy atom. The fourth-order valence-electron chi connectivity index (χ4n) is 1.90. The van der Waals surface area contributed by atoms with Crippen LogP contribution in [-0.2, 0) is 10.7 Å². The minimum Gasteiger partial charge on any atom is -0.426 e. The number of halogens is 3. The summed E-state index contributed by atoms with van der Waals surface area (Å²) in [5.41, 5.74) is -4.65. The summed E-state index contributed by atoms with van der Waals surface area (Å²) in [5.74, 6) is -6.42. The molecule has 1 unspecified atom stereocenters. The van der Waals surface area contributed by atoms with Gasteiger partial charge in [-0.1, -0.05) is 12.1 Å². The van der Waals surface area contributed by atoms with Crippen LogP contribution in [0.5, 0.6) is 5.75 Å². The van der Waals surface area contributed by atoms with E-state index in [0.29, 0.717) is 6.92 Å². The SMILES string of the molecule is CC(=O)Oc1cccc2c1C(=O)C(C)(F)C2(F)F. The number of ether oxygens (including phenoxy) is 1. The third-order valence-electron chi connectivity index (χ3n) is 2.86. The first kappa shape index (κ1) is 12.6. The lowest BCUT2D eigenvalue weighted by molar-refractivity contribution is -0.131. The Hall–Kier alpha value is -1.85. The number of hydrogen-bond acceptors (Lipinski definition) is 3. The Labute approximate surface area is 101 Å². The number of benzene rings is 1. The number of rotatable bonds is 1. The molecule has 0 aromatic heterocycles. The highest BCUT2D eigenvalue weighted by Gasteiger charge is 2.65. The van der Waals surface area contributed by atoms with E-state index >= 15 is 0 Å². The number of esters is 1. The zero-order chi connectivity index (χ0) is 13.7. The quantitative estimate of drug-likeness (QED) is 0.574. The lowest BCUT2D eigenvalue weighted by Gasteiger charge is -2.20. The van der Waals surface area contributed by atoms with Crippen molar-refractivity contribution < 1.29 is 27.5 Å². The molecule has 6 heteroatoms. The molecule has 0 saturated heterocycles. The van der Waals surface area contributed by atoms with Crippen LogP contribution in [-0.4, -0.2) is 17.4 Å². The summed E-state index contributed by atoms with van der Waals surface area (Å²) in [6.45, 7) is 1.58. The third-order valence-corrected chi connectivity index (χ3v) is 2.86. The fraction of sp³-hybridized carbons (Fsp3) is 0.333. The van der Waals surface area contributed by atoms with Gasteiger partial charge in [0.2, 0.25) is 11.5 Å². The van der Waals surface area contributed by atoms with Crippen molar-refractivity contribution in [3.8, 4) is 5.75 Å². The summed E-state index contributed by atoms with van der Waals surface area (Å²) < 4.78 is 46.0. The van der Waals surface area contributed by atoms with E-state index in [1.54, 1.807) is 0 Å². The van der Waals surface area contributed by atoms with Crippen LogP contribution in [0, 0.1) is 0 Å². The lowest BCUT2D eigenvalue weighted by atomic mass is 10.0. The maximum atomic E-state index is 13.9. The minimum absolute atomic E-state index is 0.342. The van der Waals surface area contributed by atoms with Crippen LogP contribution < -0.4 is 4.74 Å². The Morgan fingerprint density at radius 2 is 1.89 bits per heavy atom. The molecule has 1 aromatic carbocycles. The number of hydrogen-bond donors (Lipinski definition) is 0. The predicted octanol–water partition coefficient (Wildman–Crippen LogP) is 2.63. The van der Waals surface area contributed by atoms with Crippen LogP contribution >= 0.6 is 0 Å². The van der Waals surface area contributed by atoms with E-state index in [4.69, 9.17) is 0 Å². The molecule has 2 rings (SSSR count). The number of carbonyl (C=O) groups excluding carboxylic acids is 2. The average molecular weight is 258 g/mol. The molecule has 1 aliphatic carbocycles. The monoisotopic (exact) mass is 258 g/mol. The van der Waals surface area contributed by atoms with Gasteiger partial charge in [0.1, 0.15) is 5.75 Å². The standard InChI is InChI=1S/C12H9F3O3/c1-6(16)18-8-5-3-4-7-9(8)10(17)11(2,13)12(7,14)15/h3-5H,1-2H3. The van der Waals surface area contributed by atoms with E-state index in [2.05, 4.69) is 4.74 Å². The molecule has 0 N–H and O–H groups in total. The Morgan fingerprint density at radius 3 is 2.44 bits per heavy atom. The molecule has 0 bridgehead atoms. The van der Waals surface area contributed by atoms with Gasteiger partial charge in [-0.15, -0.1) is 0 Å². The van der Waals surface area contributed by atoms with E-state index in [9.17, 15) is 22.8 Å². The summed E-state index contributed by atoms with van der Waals surface area (Å²) in [4.78, 5) is 22.5. The summed E-state index contributed by atoms with van der Waals surface area (Å²) >= 11 is 0. The average Bonchev–Trinajstić information content (AvgIpc) is 2.38. The molecule has 18 heavy (non-hydrogen) atoms. The van der Waals surface area contributed by atoms with Crippen molar-refractivity contribution in [3.05, 3.63) is 29.3 Å². The number of carbonyl (C=O) groups is 2. The van der Waals surface area contributed by atoms with Crippen molar-refractivity contribution in [2.24, 2.45) is 0 Å². The van der Waals surface area contributed by atoms with Crippen molar-refractivity contribution in [3.63, 3.8) is 0 Å². The second kappa shape index (κ2) is 3.57. The summed E-state index contributed by atoms with van der Waals surface area (Å²) in [6.07, 6.45) is 0. The van der Waals surface area contributed by atoms with Gasteiger partial charge in [-0.2, -0.15) is 8.78 Å². The lowest BCUT2D eigenvalue weighted by Crippen LogP contribution is -2.39. The maximum Gasteiger partial charge on any atom is 0.314 e.